The lowest BCUT2D eigenvalue weighted by Crippen LogP contribution is -2.55. The highest BCUT2D eigenvalue weighted by molar-refractivity contribution is 6.05. The Morgan fingerprint density at radius 3 is 2.49 bits per heavy atom. The highest BCUT2D eigenvalue weighted by atomic mass is 19.4. The molecule has 5 heterocycles. The molecule has 2 aromatic heterocycles. The summed E-state index contributed by atoms with van der Waals surface area (Å²) in [7, 11) is 0. The highest BCUT2D eigenvalue weighted by Gasteiger charge is 2.50. The van der Waals surface area contributed by atoms with E-state index in [4.69, 9.17) is 4.98 Å². The first-order valence-corrected chi connectivity index (χ1v) is 13.9. The van der Waals surface area contributed by atoms with Gasteiger partial charge in [0.05, 0.1) is 23.5 Å². The predicted octanol–water partition coefficient (Wildman–Crippen LogP) is 3.03. The Labute approximate surface area is 244 Å². The van der Waals surface area contributed by atoms with Gasteiger partial charge in [0.2, 0.25) is 17.6 Å². The van der Waals surface area contributed by atoms with Gasteiger partial charge in [-0.3, -0.25) is 29.6 Å². The number of carbonyl (C=O) groups is 3. The van der Waals surface area contributed by atoms with E-state index in [0.29, 0.717) is 48.6 Å². The number of nitrogens with zero attached hydrogens (tertiary/aromatic N) is 5. The number of carbonyl (C=O) groups excluding carboxylic acids is 3. The van der Waals surface area contributed by atoms with E-state index in [1.807, 2.05) is 13.8 Å². The maximum atomic E-state index is 13.1. The number of imide groups is 1. The molecule has 226 valence electrons. The van der Waals surface area contributed by atoms with Gasteiger partial charge in [-0.2, -0.15) is 18.2 Å². The molecule has 43 heavy (non-hydrogen) atoms. The van der Waals surface area contributed by atoms with Gasteiger partial charge in [-0.25, -0.2) is 0 Å². The maximum Gasteiger partial charge on any atom is 0.471 e. The molecule has 14 heteroatoms. The summed E-state index contributed by atoms with van der Waals surface area (Å²) in [5.41, 5.74) is 0.714. The van der Waals surface area contributed by atoms with Crippen molar-refractivity contribution in [3.05, 3.63) is 64.8 Å². The summed E-state index contributed by atoms with van der Waals surface area (Å²) >= 11 is 0. The van der Waals surface area contributed by atoms with E-state index in [0.717, 1.165) is 5.56 Å². The topological polar surface area (TPSA) is 142 Å². The number of aromatic nitrogens is 3. The van der Waals surface area contributed by atoms with E-state index in [1.54, 1.807) is 36.4 Å². The Hall–Kier alpha value is -4.17. The van der Waals surface area contributed by atoms with Crippen molar-refractivity contribution in [2.75, 3.05) is 13.1 Å². The van der Waals surface area contributed by atoms with Crippen molar-refractivity contribution in [1.29, 1.82) is 0 Å². The zero-order valence-corrected chi connectivity index (χ0v) is 23.4. The molecule has 11 nitrogen and oxygen atoms in total. The molecule has 0 bridgehead atoms. The average molecular weight is 599 g/mol. The lowest BCUT2D eigenvalue weighted by atomic mass is 9.68. The quantitative estimate of drug-likeness (QED) is 0.424. The molecule has 3 amide bonds. The lowest BCUT2D eigenvalue weighted by molar-refractivity contribution is -0.159. The van der Waals surface area contributed by atoms with Crippen molar-refractivity contribution in [2.24, 2.45) is 5.41 Å². The number of pyridine rings is 1. The highest BCUT2D eigenvalue weighted by Crippen LogP contribution is 2.46. The minimum atomic E-state index is -4.71. The van der Waals surface area contributed by atoms with Crippen LogP contribution >= 0.6 is 0 Å². The number of rotatable bonds is 5. The van der Waals surface area contributed by atoms with Crippen molar-refractivity contribution in [1.82, 2.24) is 30.2 Å². The molecule has 2 saturated heterocycles. The number of alkyl halides is 3. The molecule has 0 saturated carbocycles. The van der Waals surface area contributed by atoms with Crippen LogP contribution in [0.3, 0.4) is 0 Å². The number of aliphatic hydroxyl groups is 1. The van der Waals surface area contributed by atoms with Gasteiger partial charge >= 0.3 is 12.1 Å². The lowest BCUT2D eigenvalue weighted by Gasteiger charge is -2.50. The number of nitrogens with one attached hydrogen (secondary N) is 1. The van der Waals surface area contributed by atoms with Crippen LogP contribution in [-0.2, 0) is 34.5 Å². The summed E-state index contributed by atoms with van der Waals surface area (Å²) < 4.78 is 42.7. The Bertz CT molecular complexity index is 1600. The molecule has 3 aliphatic heterocycles. The Kier molecular flexibility index (Phi) is 6.88. The fourth-order valence-electron chi connectivity index (χ4n) is 6.18. The molecular formula is C29H29F3N6O5. The van der Waals surface area contributed by atoms with Crippen LogP contribution in [0.4, 0.5) is 13.2 Å². The second-order valence-corrected chi connectivity index (χ2v) is 11.9. The number of hydrogen-bond acceptors (Lipinski definition) is 9. The number of halogens is 3. The maximum absolute atomic E-state index is 13.1. The summed E-state index contributed by atoms with van der Waals surface area (Å²) in [6.07, 6.45) is -3.93. The summed E-state index contributed by atoms with van der Waals surface area (Å²) in [6.45, 7) is 5.63. The van der Waals surface area contributed by atoms with Crippen molar-refractivity contribution in [3.63, 3.8) is 0 Å². The number of amides is 3. The van der Waals surface area contributed by atoms with Crippen LogP contribution in [0, 0.1) is 5.41 Å². The second kappa shape index (κ2) is 10.2. The molecule has 6 rings (SSSR count). The van der Waals surface area contributed by atoms with Crippen molar-refractivity contribution in [2.45, 2.75) is 64.0 Å². The third-order valence-corrected chi connectivity index (χ3v) is 8.61. The largest absolute Gasteiger partial charge is 0.471 e. The monoisotopic (exact) mass is 598 g/mol. The molecule has 2 atom stereocenters. The standard InChI is InChI=1S/C29H29F3N6O5/c1-27(2)15-37(13-16-3-5-17(6-4-16)23-35-26(43-36-23)29(30,31)32)12-11-28(27,42)21-9-7-18-19(33-21)14-38(25(18)41)20-8-10-22(39)34-24(20)40/h3-7,9,20,42H,8,10-15H2,1-2H3,(H,34,39,40)/t20-,28+/m1/s1. The number of fused-ring (bicyclic) bond motifs is 1. The fourth-order valence-corrected chi connectivity index (χ4v) is 6.18. The molecule has 2 N–H and O–H groups in total. The van der Waals surface area contributed by atoms with E-state index >= 15 is 0 Å². The van der Waals surface area contributed by atoms with Crippen LogP contribution in [-0.4, -0.2) is 66.9 Å². The van der Waals surface area contributed by atoms with Crippen molar-refractivity contribution < 1.29 is 37.2 Å². The Morgan fingerprint density at radius 1 is 1.09 bits per heavy atom. The zero-order chi connectivity index (χ0) is 30.7. The molecule has 0 unspecified atom stereocenters. The third kappa shape index (κ3) is 5.18. The predicted molar refractivity (Wildman–Crippen MR) is 143 cm³/mol. The summed E-state index contributed by atoms with van der Waals surface area (Å²) in [5.74, 6) is -2.72. The normalized spacial score (nSPS) is 24.3. The first-order chi connectivity index (χ1) is 20.2. The van der Waals surface area contributed by atoms with Gasteiger partial charge in [-0.15, -0.1) is 0 Å². The fraction of sp³-hybridized carbons (Fsp3) is 0.448. The molecule has 3 aliphatic rings. The van der Waals surface area contributed by atoms with E-state index in [1.165, 1.54) is 4.90 Å². The molecule has 0 aliphatic carbocycles. The minimum Gasteiger partial charge on any atom is -0.383 e. The van der Waals surface area contributed by atoms with Crippen LogP contribution in [0.25, 0.3) is 11.4 Å². The molecular weight excluding hydrogens is 569 g/mol. The molecule has 0 radical (unpaired) electrons. The van der Waals surface area contributed by atoms with E-state index in [9.17, 15) is 32.7 Å². The SMILES string of the molecule is CC1(C)CN(Cc2ccc(-c3noc(C(F)(F)F)n3)cc2)CC[C@]1(O)c1ccc2c(n1)CN([C@@H]1CCC(=O)NC1=O)C2=O. The summed E-state index contributed by atoms with van der Waals surface area (Å²) in [6, 6.07) is 9.43. The Balaban J connectivity index is 1.13. The number of piperidine rings is 2. The van der Waals surface area contributed by atoms with Gasteiger partial charge in [-0.1, -0.05) is 43.3 Å². The first-order valence-electron chi connectivity index (χ1n) is 13.9. The van der Waals surface area contributed by atoms with Gasteiger partial charge in [0.25, 0.3) is 5.91 Å². The van der Waals surface area contributed by atoms with Crippen LogP contribution in [0.15, 0.2) is 40.9 Å². The van der Waals surface area contributed by atoms with Crippen molar-refractivity contribution in [3.8, 4) is 11.4 Å². The van der Waals surface area contributed by atoms with Gasteiger partial charge in [0.1, 0.15) is 11.6 Å². The molecule has 0 spiro atoms. The zero-order valence-electron chi connectivity index (χ0n) is 23.4. The van der Waals surface area contributed by atoms with E-state index in [-0.39, 0.29) is 37.0 Å². The number of benzene rings is 1. The van der Waals surface area contributed by atoms with Gasteiger partial charge in [-0.05, 0) is 30.5 Å². The average Bonchev–Trinajstić information content (AvgIpc) is 3.57. The molecule has 2 fully saturated rings. The number of hydrogen-bond donors (Lipinski definition) is 2. The second-order valence-electron chi connectivity index (χ2n) is 11.9. The summed E-state index contributed by atoms with van der Waals surface area (Å²) in [4.78, 5) is 48.8. The van der Waals surface area contributed by atoms with Crippen LogP contribution in [0.5, 0.6) is 0 Å². The third-order valence-electron chi connectivity index (χ3n) is 8.61. The number of likely N-dealkylation sites (tertiary alicyclic amines) is 1. The van der Waals surface area contributed by atoms with Gasteiger partial charge in [0, 0.05) is 37.0 Å². The van der Waals surface area contributed by atoms with Crippen molar-refractivity contribution >= 4 is 17.7 Å². The van der Waals surface area contributed by atoms with Crippen LogP contribution in [0.2, 0.25) is 0 Å². The van der Waals surface area contributed by atoms with E-state index in [2.05, 4.69) is 24.9 Å². The van der Waals surface area contributed by atoms with Crippen LogP contribution in [0.1, 0.15) is 66.3 Å². The van der Waals surface area contributed by atoms with Gasteiger partial charge in [0.15, 0.2) is 0 Å². The molecule has 3 aromatic rings. The molecule has 1 aromatic carbocycles. The van der Waals surface area contributed by atoms with E-state index < -0.39 is 35.0 Å². The van der Waals surface area contributed by atoms with Gasteiger partial charge < -0.3 is 14.5 Å². The summed E-state index contributed by atoms with van der Waals surface area (Å²) in [5, 5.41) is 17.7. The first kappa shape index (κ1) is 28.9. The Morgan fingerprint density at radius 2 is 1.84 bits per heavy atom. The smallest absolute Gasteiger partial charge is 0.383 e. The van der Waals surface area contributed by atoms with Crippen LogP contribution < -0.4 is 5.32 Å². The minimum absolute atomic E-state index is 0.119.